The summed E-state index contributed by atoms with van der Waals surface area (Å²) in [6.45, 7) is 13.6. The Morgan fingerprint density at radius 2 is 1.36 bits per heavy atom. The number of allylic oxidation sites excluding steroid dienone is 1. The van der Waals surface area contributed by atoms with Gasteiger partial charge in [0.15, 0.2) is 0 Å². The summed E-state index contributed by atoms with van der Waals surface area (Å²) in [5, 5.41) is 0. The summed E-state index contributed by atoms with van der Waals surface area (Å²) in [7, 11) is 0. The summed E-state index contributed by atoms with van der Waals surface area (Å²) < 4.78 is 5.88. The summed E-state index contributed by atoms with van der Waals surface area (Å²) >= 11 is 0. The van der Waals surface area contributed by atoms with Crippen molar-refractivity contribution in [3.05, 3.63) is 77.4 Å². The van der Waals surface area contributed by atoms with Gasteiger partial charge in [0.25, 0.3) is 0 Å². The average molecular weight is 337 g/mol. The zero-order valence-corrected chi connectivity index (χ0v) is 16.3. The van der Waals surface area contributed by atoms with Crippen molar-refractivity contribution in [1.82, 2.24) is 0 Å². The number of aryl methyl sites for hydroxylation is 1. The lowest BCUT2D eigenvalue weighted by atomic mass is 9.88. The Kier molecular flexibility index (Phi) is 6.87. The highest BCUT2D eigenvalue weighted by Gasteiger charge is 2.10. The van der Waals surface area contributed by atoms with Crippen LogP contribution in [0.3, 0.4) is 0 Å². The van der Waals surface area contributed by atoms with E-state index < -0.39 is 0 Å². The molecule has 0 radical (unpaired) electrons. The van der Waals surface area contributed by atoms with Gasteiger partial charge < -0.3 is 4.74 Å². The summed E-state index contributed by atoms with van der Waals surface area (Å²) in [6.07, 6.45) is 4.15. The van der Waals surface area contributed by atoms with Crippen molar-refractivity contribution in [3.8, 4) is 5.75 Å². The fraction of sp³-hybridized carbons (Fsp3) is 0.417. The maximum Gasteiger partial charge on any atom is 0.119 e. The lowest BCUT2D eigenvalue weighted by molar-refractivity contribution is 0.322. The molecule has 0 saturated heterocycles. The van der Waals surface area contributed by atoms with Gasteiger partial charge in [-0.3, -0.25) is 0 Å². The molecule has 0 amide bonds. The maximum absolute atomic E-state index is 5.88. The van der Waals surface area contributed by atoms with E-state index in [1.54, 1.807) is 0 Å². The van der Waals surface area contributed by atoms with Gasteiger partial charge >= 0.3 is 0 Å². The lowest BCUT2D eigenvalue weighted by Gasteiger charge is -2.18. The Bertz CT molecular complexity index is 657. The molecular weight excluding hydrogens is 304 g/mol. The summed E-state index contributed by atoms with van der Waals surface area (Å²) in [4.78, 5) is 0. The van der Waals surface area contributed by atoms with Gasteiger partial charge in [0.1, 0.15) is 5.75 Å². The molecule has 2 aromatic rings. The number of ether oxygens (including phenoxy) is 1. The lowest BCUT2D eigenvalue weighted by Crippen LogP contribution is -2.09. The van der Waals surface area contributed by atoms with Crippen LogP contribution in [0, 0.1) is 5.41 Å². The summed E-state index contributed by atoms with van der Waals surface area (Å²) in [5.41, 5.74) is 5.64. The van der Waals surface area contributed by atoms with Gasteiger partial charge in [-0.2, -0.15) is 0 Å². The van der Waals surface area contributed by atoms with Gasteiger partial charge in [0.05, 0.1) is 6.61 Å². The van der Waals surface area contributed by atoms with Crippen molar-refractivity contribution in [3.63, 3.8) is 0 Å². The molecule has 0 bridgehead atoms. The molecule has 0 atom stereocenters. The van der Waals surface area contributed by atoms with Crippen molar-refractivity contribution < 1.29 is 4.74 Å². The normalized spacial score (nSPS) is 11.4. The molecule has 0 N–H and O–H groups in total. The van der Waals surface area contributed by atoms with E-state index in [1.165, 1.54) is 22.3 Å². The topological polar surface area (TPSA) is 9.23 Å². The first-order chi connectivity index (χ1) is 11.8. The van der Waals surface area contributed by atoms with E-state index in [9.17, 15) is 0 Å². The minimum absolute atomic E-state index is 0.334. The van der Waals surface area contributed by atoms with Crippen LogP contribution in [0.1, 0.15) is 50.8 Å². The van der Waals surface area contributed by atoms with Crippen molar-refractivity contribution in [2.45, 2.75) is 53.4 Å². The van der Waals surface area contributed by atoms with E-state index in [-0.39, 0.29) is 0 Å². The highest BCUT2D eigenvalue weighted by atomic mass is 16.5. The summed E-state index contributed by atoms with van der Waals surface area (Å²) in [6, 6.07) is 17.4. The van der Waals surface area contributed by atoms with Gasteiger partial charge in [0.2, 0.25) is 0 Å². The van der Waals surface area contributed by atoms with Crippen molar-refractivity contribution in [2.24, 2.45) is 5.41 Å². The monoisotopic (exact) mass is 336 g/mol. The fourth-order valence-corrected chi connectivity index (χ4v) is 2.83. The van der Waals surface area contributed by atoms with Crippen LogP contribution in [0.25, 0.3) is 0 Å². The third-order valence-corrected chi connectivity index (χ3v) is 4.18. The second kappa shape index (κ2) is 8.89. The molecule has 0 fully saturated rings. The second-order valence-corrected chi connectivity index (χ2v) is 8.25. The molecular formula is C24H32O. The highest BCUT2D eigenvalue weighted by molar-refractivity contribution is 5.28. The van der Waals surface area contributed by atoms with Gasteiger partial charge in [0, 0.05) is 6.42 Å². The van der Waals surface area contributed by atoms with Gasteiger partial charge in [-0.05, 0) is 60.4 Å². The minimum atomic E-state index is 0.334. The molecule has 1 heteroatoms. The van der Waals surface area contributed by atoms with E-state index in [2.05, 4.69) is 82.8 Å². The van der Waals surface area contributed by atoms with Crippen molar-refractivity contribution >= 4 is 0 Å². The van der Waals surface area contributed by atoms with E-state index in [0.717, 1.165) is 31.4 Å². The SMILES string of the molecule is C=C(C)CCc1ccc(OCCc2ccc(CC(C)(C)C)cc2)cc1. The van der Waals surface area contributed by atoms with E-state index >= 15 is 0 Å². The van der Waals surface area contributed by atoms with Gasteiger partial charge in [-0.15, -0.1) is 6.58 Å². The Balaban J connectivity index is 1.77. The Hall–Kier alpha value is -2.02. The van der Waals surface area contributed by atoms with Crippen LogP contribution < -0.4 is 4.74 Å². The number of benzene rings is 2. The summed E-state index contributed by atoms with van der Waals surface area (Å²) in [5.74, 6) is 0.948. The van der Waals surface area contributed by atoms with Crippen LogP contribution >= 0.6 is 0 Å². The first kappa shape index (κ1) is 19.3. The van der Waals surface area contributed by atoms with Crippen LogP contribution in [-0.4, -0.2) is 6.61 Å². The third-order valence-electron chi connectivity index (χ3n) is 4.18. The van der Waals surface area contributed by atoms with Crippen LogP contribution in [0.4, 0.5) is 0 Å². The van der Waals surface area contributed by atoms with Crippen LogP contribution in [-0.2, 0) is 19.3 Å². The first-order valence-corrected chi connectivity index (χ1v) is 9.26. The number of hydrogen-bond donors (Lipinski definition) is 0. The fourth-order valence-electron chi connectivity index (χ4n) is 2.83. The average Bonchev–Trinajstić information content (AvgIpc) is 2.54. The Labute approximate surface area is 153 Å². The molecule has 134 valence electrons. The predicted octanol–water partition coefficient (Wildman–Crippen LogP) is 6.41. The van der Waals surface area contributed by atoms with Crippen LogP contribution in [0.2, 0.25) is 0 Å². The van der Waals surface area contributed by atoms with Crippen molar-refractivity contribution in [1.29, 1.82) is 0 Å². The molecule has 0 unspecified atom stereocenters. The van der Waals surface area contributed by atoms with Crippen LogP contribution in [0.15, 0.2) is 60.7 Å². The maximum atomic E-state index is 5.88. The molecule has 0 aliphatic rings. The van der Waals surface area contributed by atoms with Gasteiger partial charge in [-0.1, -0.05) is 62.7 Å². The zero-order chi connectivity index (χ0) is 18.3. The van der Waals surface area contributed by atoms with E-state index in [0.29, 0.717) is 12.0 Å². The first-order valence-electron chi connectivity index (χ1n) is 9.26. The van der Waals surface area contributed by atoms with Crippen LogP contribution in [0.5, 0.6) is 5.75 Å². The molecule has 0 aromatic heterocycles. The molecule has 0 aliphatic heterocycles. The smallest absolute Gasteiger partial charge is 0.119 e. The molecule has 25 heavy (non-hydrogen) atoms. The molecule has 0 saturated carbocycles. The quantitative estimate of drug-likeness (QED) is 0.506. The molecule has 0 aliphatic carbocycles. The molecule has 1 nitrogen and oxygen atoms in total. The molecule has 2 aromatic carbocycles. The highest BCUT2D eigenvalue weighted by Crippen LogP contribution is 2.21. The Morgan fingerprint density at radius 1 is 0.840 bits per heavy atom. The second-order valence-electron chi connectivity index (χ2n) is 8.25. The van der Waals surface area contributed by atoms with Crippen molar-refractivity contribution in [2.75, 3.05) is 6.61 Å². The largest absolute Gasteiger partial charge is 0.493 e. The van der Waals surface area contributed by atoms with E-state index in [1.807, 2.05) is 0 Å². The number of rotatable bonds is 8. The predicted molar refractivity (Wildman–Crippen MR) is 108 cm³/mol. The minimum Gasteiger partial charge on any atom is -0.493 e. The third kappa shape index (κ3) is 7.60. The molecule has 2 rings (SSSR count). The number of hydrogen-bond acceptors (Lipinski definition) is 1. The molecule has 0 spiro atoms. The standard InChI is InChI=1S/C24H32O/c1-19(2)6-7-20-12-14-23(15-13-20)25-17-16-21-8-10-22(11-9-21)18-24(3,4)5/h8-15H,1,6-7,16-18H2,2-5H3. The Morgan fingerprint density at radius 3 is 1.92 bits per heavy atom. The zero-order valence-electron chi connectivity index (χ0n) is 16.3. The van der Waals surface area contributed by atoms with Gasteiger partial charge in [-0.25, -0.2) is 0 Å². The molecule has 0 heterocycles. The van der Waals surface area contributed by atoms with E-state index in [4.69, 9.17) is 4.74 Å².